The largest absolute Gasteiger partial charge is 0.325 e. The second-order valence-corrected chi connectivity index (χ2v) is 5.16. The van der Waals surface area contributed by atoms with Gasteiger partial charge in [-0.05, 0) is 19.4 Å². The van der Waals surface area contributed by atoms with Crippen molar-refractivity contribution < 1.29 is 4.79 Å². The maximum Gasteiger partial charge on any atom is 0.224 e. The first-order valence-electron chi connectivity index (χ1n) is 6.02. The summed E-state index contributed by atoms with van der Waals surface area (Å²) in [5.74, 6) is 0.0527. The predicted octanol–water partition coefficient (Wildman–Crippen LogP) is 3.86. The summed E-state index contributed by atoms with van der Waals surface area (Å²) in [6.45, 7) is 3.97. The van der Waals surface area contributed by atoms with Crippen LogP contribution in [0.2, 0.25) is 0 Å². The van der Waals surface area contributed by atoms with Crippen molar-refractivity contribution in [1.29, 1.82) is 0 Å². The number of hydrogen-bond acceptors (Lipinski definition) is 3. The Balaban J connectivity index is 2.28. The first-order valence-corrected chi connectivity index (χ1v) is 6.90. The molecule has 4 heteroatoms. The summed E-state index contributed by atoms with van der Waals surface area (Å²) in [6, 6.07) is 7.78. The number of anilines is 1. The number of rotatable bonds is 4. The number of carbonyl (C=O) groups excluding carboxylic acids is 1. The van der Waals surface area contributed by atoms with Gasteiger partial charge in [0, 0.05) is 17.4 Å². The van der Waals surface area contributed by atoms with Gasteiger partial charge in [0.05, 0.1) is 16.4 Å². The van der Waals surface area contributed by atoms with Gasteiger partial charge in [-0.25, -0.2) is 4.98 Å². The van der Waals surface area contributed by atoms with Crippen molar-refractivity contribution >= 4 is 22.9 Å². The van der Waals surface area contributed by atoms with Gasteiger partial charge < -0.3 is 5.32 Å². The molecule has 2 rings (SSSR count). The van der Waals surface area contributed by atoms with Crippen molar-refractivity contribution in [1.82, 2.24) is 4.98 Å². The maximum absolute atomic E-state index is 11.7. The highest BCUT2D eigenvalue weighted by atomic mass is 32.1. The molecule has 0 fully saturated rings. The molecule has 1 amide bonds. The van der Waals surface area contributed by atoms with Gasteiger partial charge in [0.15, 0.2) is 0 Å². The fourth-order valence-electron chi connectivity index (χ4n) is 1.74. The van der Waals surface area contributed by atoms with Crippen molar-refractivity contribution in [2.45, 2.75) is 26.7 Å². The zero-order chi connectivity index (χ0) is 13.0. The molecular weight excluding hydrogens is 244 g/mol. The fourth-order valence-corrected chi connectivity index (χ4v) is 2.36. The van der Waals surface area contributed by atoms with Crippen LogP contribution < -0.4 is 5.32 Å². The lowest BCUT2D eigenvalue weighted by Crippen LogP contribution is -2.11. The van der Waals surface area contributed by atoms with Crippen molar-refractivity contribution in [3.05, 3.63) is 34.7 Å². The number of amides is 1. The third-order valence-corrected chi connectivity index (χ3v) is 3.35. The predicted molar refractivity (Wildman–Crippen MR) is 75.8 cm³/mol. The number of benzene rings is 1. The molecule has 0 spiro atoms. The van der Waals surface area contributed by atoms with Gasteiger partial charge in [-0.1, -0.05) is 25.1 Å². The Kier molecular flexibility index (Phi) is 4.10. The highest BCUT2D eigenvalue weighted by Gasteiger charge is 2.09. The number of carbonyl (C=O) groups is 1. The Bertz CT molecular complexity index is 548. The van der Waals surface area contributed by atoms with Crippen LogP contribution in [0.3, 0.4) is 0 Å². The maximum atomic E-state index is 11.7. The number of aromatic nitrogens is 1. The van der Waals surface area contributed by atoms with E-state index in [1.54, 1.807) is 11.3 Å². The molecule has 0 saturated heterocycles. The molecule has 1 aromatic heterocycles. The third kappa shape index (κ3) is 2.96. The van der Waals surface area contributed by atoms with E-state index in [2.05, 4.69) is 10.3 Å². The van der Waals surface area contributed by atoms with Gasteiger partial charge in [-0.2, -0.15) is 0 Å². The van der Waals surface area contributed by atoms with Crippen LogP contribution in [0.4, 0.5) is 5.69 Å². The highest BCUT2D eigenvalue weighted by Crippen LogP contribution is 2.28. The topological polar surface area (TPSA) is 42.0 Å². The van der Waals surface area contributed by atoms with Crippen molar-refractivity contribution in [2.75, 3.05) is 5.32 Å². The van der Waals surface area contributed by atoms with Crippen molar-refractivity contribution in [3.63, 3.8) is 0 Å². The average Bonchev–Trinajstić information content (AvgIpc) is 2.77. The molecule has 0 bridgehead atoms. The number of para-hydroxylation sites is 1. The van der Waals surface area contributed by atoms with Crippen LogP contribution in [0, 0.1) is 6.92 Å². The van der Waals surface area contributed by atoms with Gasteiger partial charge >= 0.3 is 0 Å². The minimum absolute atomic E-state index is 0.0527. The zero-order valence-electron chi connectivity index (χ0n) is 10.6. The quantitative estimate of drug-likeness (QED) is 0.907. The summed E-state index contributed by atoms with van der Waals surface area (Å²) in [5.41, 5.74) is 2.73. The first kappa shape index (κ1) is 12.8. The van der Waals surface area contributed by atoms with E-state index in [-0.39, 0.29) is 5.91 Å². The number of aryl methyl sites for hydroxylation is 1. The fraction of sp³-hybridized carbons (Fsp3) is 0.286. The molecule has 0 saturated carbocycles. The number of nitrogens with zero attached hydrogens (tertiary/aromatic N) is 1. The molecule has 0 aliphatic carbocycles. The molecule has 1 heterocycles. The summed E-state index contributed by atoms with van der Waals surface area (Å²) in [4.78, 5) is 16.1. The summed E-state index contributed by atoms with van der Waals surface area (Å²) < 4.78 is 0. The SMILES string of the molecule is CCCC(=O)Nc1ccccc1-c1csc(C)n1. The first-order chi connectivity index (χ1) is 8.70. The third-order valence-electron chi connectivity index (χ3n) is 2.57. The molecule has 94 valence electrons. The van der Waals surface area contributed by atoms with E-state index in [1.165, 1.54) is 0 Å². The van der Waals surface area contributed by atoms with E-state index < -0.39 is 0 Å². The zero-order valence-corrected chi connectivity index (χ0v) is 11.4. The lowest BCUT2D eigenvalue weighted by Gasteiger charge is -2.08. The molecule has 0 aliphatic heterocycles. The van der Waals surface area contributed by atoms with Crippen LogP contribution in [0.5, 0.6) is 0 Å². The Hall–Kier alpha value is -1.68. The molecule has 0 atom stereocenters. The van der Waals surface area contributed by atoms with E-state index in [9.17, 15) is 4.79 Å². The average molecular weight is 260 g/mol. The molecule has 18 heavy (non-hydrogen) atoms. The molecule has 2 aromatic rings. The standard InChI is InChI=1S/C14H16N2OS/c1-3-6-14(17)16-12-8-5-4-7-11(12)13-9-18-10(2)15-13/h4-5,7-9H,3,6H2,1-2H3,(H,16,17). The van der Waals surface area contributed by atoms with Gasteiger partial charge in [0.2, 0.25) is 5.91 Å². The Morgan fingerprint density at radius 3 is 2.83 bits per heavy atom. The van der Waals surface area contributed by atoms with Crippen LogP contribution in [-0.4, -0.2) is 10.9 Å². The van der Waals surface area contributed by atoms with Crippen molar-refractivity contribution in [2.24, 2.45) is 0 Å². The number of hydrogen-bond donors (Lipinski definition) is 1. The highest BCUT2D eigenvalue weighted by molar-refractivity contribution is 7.09. The number of thiazole rings is 1. The van der Waals surface area contributed by atoms with Gasteiger partial charge in [0.25, 0.3) is 0 Å². The summed E-state index contributed by atoms with van der Waals surface area (Å²) in [6.07, 6.45) is 1.40. The molecule has 1 N–H and O–H groups in total. The van der Waals surface area contributed by atoms with Crippen LogP contribution in [0.15, 0.2) is 29.6 Å². The van der Waals surface area contributed by atoms with E-state index in [1.807, 2.05) is 43.5 Å². The normalized spacial score (nSPS) is 10.3. The summed E-state index contributed by atoms with van der Waals surface area (Å²) in [5, 5.41) is 5.99. The molecule has 3 nitrogen and oxygen atoms in total. The minimum Gasteiger partial charge on any atom is -0.325 e. The molecule has 1 aromatic carbocycles. The number of nitrogens with one attached hydrogen (secondary N) is 1. The van der Waals surface area contributed by atoms with Crippen molar-refractivity contribution in [3.8, 4) is 11.3 Å². The van der Waals surface area contributed by atoms with E-state index in [0.29, 0.717) is 6.42 Å². The Morgan fingerprint density at radius 1 is 1.39 bits per heavy atom. The van der Waals surface area contributed by atoms with Gasteiger partial charge in [-0.15, -0.1) is 11.3 Å². The molecule has 0 unspecified atom stereocenters. The lowest BCUT2D eigenvalue weighted by atomic mass is 10.1. The van der Waals surface area contributed by atoms with Gasteiger partial charge in [0.1, 0.15) is 0 Å². The lowest BCUT2D eigenvalue weighted by molar-refractivity contribution is -0.116. The Morgan fingerprint density at radius 2 is 2.17 bits per heavy atom. The monoisotopic (exact) mass is 260 g/mol. The molecular formula is C14H16N2OS. The van der Waals surface area contributed by atoms with E-state index >= 15 is 0 Å². The second-order valence-electron chi connectivity index (χ2n) is 4.10. The molecule has 0 aliphatic rings. The van der Waals surface area contributed by atoms with E-state index in [4.69, 9.17) is 0 Å². The smallest absolute Gasteiger partial charge is 0.224 e. The van der Waals surface area contributed by atoms with Crippen LogP contribution in [0.25, 0.3) is 11.3 Å². The van der Waals surface area contributed by atoms with E-state index in [0.717, 1.165) is 28.4 Å². The molecule has 0 radical (unpaired) electrons. The van der Waals surface area contributed by atoms with Crippen LogP contribution in [-0.2, 0) is 4.79 Å². The summed E-state index contributed by atoms with van der Waals surface area (Å²) in [7, 11) is 0. The van der Waals surface area contributed by atoms with Gasteiger partial charge in [-0.3, -0.25) is 4.79 Å². The van der Waals surface area contributed by atoms with Crippen LogP contribution in [0.1, 0.15) is 24.8 Å². The Labute approximate surface area is 111 Å². The van der Waals surface area contributed by atoms with Crippen LogP contribution >= 0.6 is 11.3 Å². The minimum atomic E-state index is 0.0527. The summed E-state index contributed by atoms with van der Waals surface area (Å²) >= 11 is 1.61. The second kappa shape index (κ2) is 5.78.